The van der Waals surface area contributed by atoms with Crippen LogP contribution < -0.4 is 27.4 Å². The molecule has 0 unspecified atom stereocenters. The summed E-state index contributed by atoms with van der Waals surface area (Å²) in [6.07, 6.45) is 0.837. The van der Waals surface area contributed by atoms with E-state index < -0.39 is 5.91 Å². The fourth-order valence-electron chi connectivity index (χ4n) is 1.09. The largest absolute Gasteiger partial charge is 0.378 e. The van der Waals surface area contributed by atoms with Gasteiger partial charge in [-0.2, -0.15) is 0 Å². The molecule has 0 heterocycles. The maximum Gasteiger partial charge on any atom is 0.268 e. The van der Waals surface area contributed by atoms with Gasteiger partial charge in [-0.3, -0.25) is 4.79 Å². The second-order valence-electron chi connectivity index (χ2n) is 2.96. The van der Waals surface area contributed by atoms with Crippen molar-refractivity contribution in [2.75, 3.05) is 26.7 Å². The van der Waals surface area contributed by atoms with E-state index in [0.717, 1.165) is 6.42 Å². The molecule has 0 aromatic carbocycles. The van der Waals surface area contributed by atoms with Crippen LogP contribution in [-0.2, 0) is 4.79 Å². The molecule has 0 spiro atoms. The minimum atomic E-state index is -0.485. The van der Waals surface area contributed by atoms with Crippen LogP contribution in [0.4, 0.5) is 0 Å². The van der Waals surface area contributed by atoms with Crippen molar-refractivity contribution < 1.29 is 4.79 Å². The van der Waals surface area contributed by atoms with E-state index in [0.29, 0.717) is 31.2 Å². The van der Waals surface area contributed by atoms with Gasteiger partial charge in [0.25, 0.3) is 5.91 Å². The van der Waals surface area contributed by atoms with Crippen molar-refractivity contribution in [3.63, 3.8) is 0 Å². The fraction of sp³-hybridized carbons (Fsp3) is 0.667. The molecule has 0 saturated carbocycles. The van der Waals surface area contributed by atoms with Gasteiger partial charge in [-0.05, 0) is 19.9 Å². The number of amides is 1. The average Bonchev–Trinajstić information content (AvgIpc) is 2.22. The Morgan fingerprint density at radius 1 is 1.33 bits per heavy atom. The van der Waals surface area contributed by atoms with E-state index in [4.69, 9.17) is 11.5 Å². The third-order valence-corrected chi connectivity index (χ3v) is 1.78. The summed E-state index contributed by atoms with van der Waals surface area (Å²) in [4.78, 5) is 11.1. The topological polar surface area (TPSA) is 105 Å². The normalized spacial score (nSPS) is 11.7. The zero-order valence-corrected chi connectivity index (χ0v) is 9.39. The molecule has 0 bridgehead atoms. The monoisotopic (exact) mass is 215 g/mol. The van der Waals surface area contributed by atoms with E-state index in [9.17, 15) is 4.79 Å². The number of likely N-dealkylation sites (N-methyl/N-ethyl adjacent to an activating group) is 1. The maximum absolute atomic E-state index is 11.1. The highest BCUT2D eigenvalue weighted by Gasteiger charge is 2.09. The molecule has 6 nitrogen and oxygen atoms in total. The highest BCUT2D eigenvalue weighted by Crippen LogP contribution is 1.93. The van der Waals surface area contributed by atoms with Gasteiger partial charge >= 0.3 is 0 Å². The molecule has 0 radical (unpaired) electrons. The molecule has 0 fully saturated rings. The van der Waals surface area contributed by atoms with Crippen LogP contribution in [0.3, 0.4) is 0 Å². The fourth-order valence-corrected chi connectivity index (χ4v) is 1.09. The minimum Gasteiger partial charge on any atom is -0.378 e. The summed E-state index contributed by atoms with van der Waals surface area (Å²) in [6.45, 7) is 3.85. The lowest BCUT2D eigenvalue weighted by molar-refractivity contribution is -0.115. The Kier molecular flexibility index (Phi) is 7.17. The maximum atomic E-state index is 11.1. The molecule has 88 valence electrons. The van der Waals surface area contributed by atoms with Crippen molar-refractivity contribution in [2.24, 2.45) is 11.5 Å². The van der Waals surface area contributed by atoms with Crippen LogP contribution in [0.15, 0.2) is 11.5 Å². The third kappa shape index (κ3) is 5.11. The van der Waals surface area contributed by atoms with Crippen LogP contribution in [0.5, 0.6) is 0 Å². The Hall–Kier alpha value is -1.43. The van der Waals surface area contributed by atoms with E-state index >= 15 is 0 Å². The Balaban J connectivity index is 4.49. The number of nitrogens with two attached hydrogens (primary N) is 2. The van der Waals surface area contributed by atoms with E-state index in [1.54, 1.807) is 7.05 Å². The van der Waals surface area contributed by atoms with Gasteiger partial charge in [-0.15, -0.1) is 0 Å². The summed E-state index contributed by atoms with van der Waals surface area (Å²) in [5, 5.41) is 8.86. The molecule has 0 atom stereocenters. The van der Waals surface area contributed by atoms with Crippen molar-refractivity contribution in [1.82, 2.24) is 16.0 Å². The first-order chi connectivity index (χ1) is 7.17. The zero-order valence-electron chi connectivity index (χ0n) is 9.39. The zero-order chi connectivity index (χ0) is 11.7. The molecule has 0 aromatic rings. The molecule has 6 heteroatoms. The molecule has 0 aromatic heterocycles. The Labute approximate surface area is 90.5 Å². The van der Waals surface area contributed by atoms with Gasteiger partial charge < -0.3 is 27.4 Å². The number of hydrogen-bond acceptors (Lipinski definition) is 5. The molecule has 0 saturated heterocycles. The first kappa shape index (κ1) is 13.6. The summed E-state index contributed by atoms with van der Waals surface area (Å²) in [7, 11) is 1.73. The number of rotatable bonds is 8. The summed E-state index contributed by atoms with van der Waals surface area (Å²) >= 11 is 0. The van der Waals surface area contributed by atoms with Crippen molar-refractivity contribution in [3.05, 3.63) is 11.5 Å². The van der Waals surface area contributed by atoms with Crippen LogP contribution in [-0.4, -0.2) is 32.6 Å². The second kappa shape index (κ2) is 7.93. The first-order valence-electron chi connectivity index (χ1n) is 5.07. The van der Waals surface area contributed by atoms with Crippen LogP contribution in [0.2, 0.25) is 0 Å². The van der Waals surface area contributed by atoms with Crippen molar-refractivity contribution in [3.8, 4) is 0 Å². The number of hydrogen-bond donors (Lipinski definition) is 5. The van der Waals surface area contributed by atoms with Gasteiger partial charge in [0, 0.05) is 20.1 Å². The lowest BCUT2D eigenvalue weighted by Crippen LogP contribution is -2.36. The van der Waals surface area contributed by atoms with Gasteiger partial charge in [-0.25, -0.2) is 0 Å². The predicted molar refractivity (Wildman–Crippen MR) is 60.6 cm³/mol. The number of carbonyl (C=O) groups is 1. The van der Waals surface area contributed by atoms with Gasteiger partial charge in [0.2, 0.25) is 0 Å². The van der Waals surface area contributed by atoms with Crippen molar-refractivity contribution in [2.45, 2.75) is 13.3 Å². The summed E-state index contributed by atoms with van der Waals surface area (Å²) in [5.41, 5.74) is 11.0. The summed E-state index contributed by atoms with van der Waals surface area (Å²) in [5.74, 6) is 0.124. The Morgan fingerprint density at radius 3 is 2.40 bits per heavy atom. The van der Waals surface area contributed by atoms with Crippen molar-refractivity contribution >= 4 is 5.91 Å². The van der Waals surface area contributed by atoms with E-state index in [1.165, 1.54) is 0 Å². The van der Waals surface area contributed by atoms with Crippen molar-refractivity contribution in [1.29, 1.82) is 0 Å². The van der Waals surface area contributed by atoms with E-state index in [-0.39, 0.29) is 0 Å². The van der Waals surface area contributed by atoms with Crippen LogP contribution in [0, 0.1) is 0 Å². The smallest absolute Gasteiger partial charge is 0.268 e. The number of carbonyl (C=O) groups excluding carboxylic acids is 1. The SMILES string of the molecule is CCN/C(C(N)=O)=C(\NC)NCCCN. The molecular formula is C9H21N5O. The second-order valence-corrected chi connectivity index (χ2v) is 2.96. The molecule has 0 aliphatic heterocycles. The highest BCUT2D eigenvalue weighted by atomic mass is 16.1. The Bertz CT molecular complexity index is 227. The van der Waals surface area contributed by atoms with E-state index in [1.807, 2.05) is 6.92 Å². The van der Waals surface area contributed by atoms with E-state index in [2.05, 4.69) is 16.0 Å². The van der Waals surface area contributed by atoms with Crippen LogP contribution >= 0.6 is 0 Å². The predicted octanol–water partition coefficient (Wildman–Crippen LogP) is -1.59. The number of primary amides is 1. The average molecular weight is 215 g/mol. The summed E-state index contributed by atoms with van der Waals surface area (Å²) < 4.78 is 0. The number of nitrogens with one attached hydrogen (secondary N) is 3. The summed E-state index contributed by atoms with van der Waals surface area (Å²) in [6, 6.07) is 0. The molecule has 15 heavy (non-hydrogen) atoms. The first-order valence-corrected chi connectivity index (χ1v) is 5.07. The third-order valence-electron chi connectivity index (χ3n) is 1.78. The molecule has 1 amide bonds. The molecule has 7 N–H and O–H groups in total. The molecular weight excluding hydrogens is 194 g/mol. The van der Waals surface area contributed by atoms with Gasteiger partial charge in [0.15, 0.2) is 0 Å². The Morgan fingerprint density at radius 2 is 2.00 bits per heavy atom. The molecule has 0 aliphatic carbocycles. The highest BCUT2D eigenvalue weighted by molar-refractivity contribution is 5.91. The lowest BCUT2D eigenvalue weighted by atomic mass is 10.3. The quantitative estimate of drug-likeness (QED) is 0.248. The van der Waals surface area contributed by atoms with Gasteiger partial charge in [0.1, 0.15) is 11.5 Å². The lowest BCUT2D eigenvalue weighted by Gasteiger charge is -2.15. The van der Waals surface area contributed by atoms with Crippen LogP contribution in [0.1, 0.15) is 13.3 Å². The van der Waals surface area contributed by atoms with Crippen LogP contribution in [0.25, 0.3) is 0 Å². The minimum absolute atomic E-state index is 0.372. The molecule has 0 rings (SSSR count). The van der Waals surface area contributed by atoms with Gasteiger partial charge in [-0.1, -0.05) is 0 Å². The molecule has 0 aliphatic rings. The standard InChI is InChI=1S/C9H21N5O/c1-3-13-7(8(11)15)9(12-2)14-6-4-5-10/h12-14H,3-6,10H2,1-2H3,(H2,11,15)/b9-7+. The van der Waals surface area contributed by atoms with Gasteiger partial charge in [0.05, 0.1) is 0 Å².